The Morgan fingerprint density at radius 1 is 0.629 bits per heavy atom. The van der Waals surface area contributed by atoms with Crippen LogP contribution < -0.4 is 10.6 Å². The fourth-order valence-corrected chi connectivity index (χ4v) is 15.5. The standard InChI is InChI=1S/C27H40P2.C5H10.Fe/c1-21(29(26(2,3)4)27(5,6)7)24-19-14-20-25(24)28(22-15-10-8-11-16-22)23-17-12-9-13-18-23;1-2-4-5-3-1;/h8-13,15-18,21,24-25H,14,19-20H2,1-7H3;1-5H2;/t21-,24?,25?;;/m0../s1. The van der Waals surface area contributed by atoms with Gasteiger partial charge in [0.2, 0.25) is 0 Å². The van der Waals surface area contributed by atoms with Crippen LogP contribution >= 0.6 is 15.8 Å². The molecule has 0 saturated heterocycles. The molecule has 3 heteroatoms. The summed E-state index contributed by atoms with van der Waals surface area (Å²) in [4.78, 5) is 0. The van der Waals surface area contributed by atoms with Crippen molar-refractivity contribution in [1.29, 1.82) is 0 Å². The summed E-state index contributed by atoms with van der Waals surface area (Å²) in [6.45, 7) is 17.5. The van der Waals surface area contributed by atoms with Crippen LogP contribution in [0, 0.1) is 5.92 Å². The largest absolute Gasteiger partial charge is 0.0924 e. The molecule has 0 nitrogen and oxygen atoms in total. The molecular weight excluding hydrogens is 502 g/mol. The second kappa shape index (κ2) is 14.1. The molecule has 0 heterocycles. The van der Waals surface area contributed by atoms with E-state index in [-0.39, 0.29) is 32.9 Å². The monoisotopic (exact) mass is 552 g/mol. The van der Waals surface area contributed by atoms with Crippen molar-refractivity contribution in [2.75, 3.05) is 0 Å². The molecule has 0 aliphatic heterocycles. The zero-order chi connectivity index (χ0) is 24.8. The molecule has 0 radical (unpaired) electrons. The first-order valence-electron chi connectivity index (χ1n) is 13.8. The van der Waals surface area contributed by atoms with E-state index in [0.29, 0.717) is 10.3 Å². The summed E-state index contributed by atoms with van der Waals surface area (Å²) in [5, 5.41) is 3.91. The van der Waals surface area contributed by atoms with E-state index in [9.17, 15) is 0 Å². The van der Waals surface area contributed by atoms with Crippen LogP contribution in [0.2, 0.25) is 0 Å². The summed E-state index contributed by atoms with van der Waals surface area (Å²) in [6, 6.07) is 22.8. The van der Waals surface area contributed by atoms with Crippen molar-refractivity contribution >= 4 is 26.5 Å². The van der Waals surface area contributed by atoms with E-state index in [0.717, 1.165) is 17.2 Å². The fraction of sp³-hybridized carbons (Fsp3) is 0.625. The zero-order valence-corrected chi connectivity index (χ0v) is 26.3. The maximum Gasteiger partial charge on any atom is 0 e. The molecule has 2 aliphatic carbocycles. The molecule has 0 amide bonds. The van der Waals surface area contributed by atoms with E-state index in [1.165, 1.54) is 51.4 Å². The van der Waals surface area contributed by atoms with Gasteiger partial charge in [-0.1, -0.05) is 156 Å². The third-order valence-corrected chi connectivity index (χ3v) is 14.8. The molecule has 0 N–H and O–H groups in total. The van der Waals surface area contributed by atoms with Gasteiger partial charge in [0.25, 0.3) is 0 Å². The van der Waals surface area contributed by atoms with Crippen molar-refractivity contribution in [3.8, 4) is 0 Å². The van der Waals surface area contributed by atoms with Gasteiger partial charge in [-0.05, 0) is 58.9 Å². The molecule has 2 aliphatic rings. The van der Waals surface area contributed by atoms with Crippen LogP contribution in [-0.2, 0) is 17.1 Å². The van der Waals surface area contributed by atoms with E-state index < -0.39 is 0 Å². The molecule has 0 aromatic heterocycles. The van der Waals surface area contributed by atoms with E-state index in [2.05, 4.69) is 109 Å². The van der Waals surface area contributed by atoms with Crippen LogP contribution in [0.15, 0.2) is 60.7 Å². The molecule has 35 heavy (non-hydrogen) atoms. The Labute approximate surface area is 230 Å². The second-order valence-corrected chi connectivity index (χ2v) is 19.1. The predicted octanol–water partition coefficient (Wildman–Crippen LogP) is 9.70. The van der Waals surface area contributed by atoms with Gasteiger partial charge in [-0.15, -0.1) is 0 Å². The minimum atomic E-state index is -0.310. The summed E-state index contributed by atoms with van der Waals surface area (Å²) < 4.78 is 0. The van der Waals surface area contributed by atoms with Crippen LogP contribution in [0.3, 0.4) is 0 Å². The van der Waals surface area contributed by atoms with Crippen LogP contribution in [0.5, 0.6) is 0 Å². The Morgan fingerprint density at radius 3 is 1.40 bits per heavy atom. The maximum atomic E-state index is 2.61. The minimum Gasteiger partial charge on any atom is -0.0924 e. The smallest absolute Gasteiger partial charge is 0 e. The molecule has 2 aromatic carbocycles. The third kappa shape index (κ3) is 8.68. The van der Waals surface area contributed by atoms with Crippen LogP contribution in [0.25, 0.3) is 0 Å². The zero-order valence-electron chi connectivity index (χ0n) is 23.4. The Morgan fingerprint density at radius 2 is 1.03 bits per heavy atom. The van der Waals surface area contributed by atoms with Gasteiger partial charge in [-0.2, -0.15) is 0 Å². The number of hydrogen-bond donors (Lipinski definition) is 0. The van der Waals surface area contributed by atoms with Gasteiger partial charge >= 0.3 is 0 Å². The van der Waals surface area contributed by atoms with Gasteiger partial charge in [0.15, 0.2) is 0 Å². The van der Waals surface area contributed by atoms with Crippen LogP contribution in [-0.4, -0.2) is 21.6 Å². The van der Waals surface area contributed by atoms with E-state index in [4.69, 9.17) is 0 Å². The Bertz CT molecular complexity index is 772. The Balaban J connectivity index is 0.000000640. The van der Waals surface area contributed by atoms with Gasteiger partial charge in [0, 0.05) is 17.1 Å². The van der Waals surface area contributed by atoms with Crippen LogP contribution in [0.1, 0.15) is 99.8 Å². The predicted molar refractivity (Wildman–Crippen MR) is 159 cm³/mol. The molecule has 2 aromatic rings. The first-order valence-corrected chi connectivity index (χ1v) is 16.6. The van der Waals surface area contributed by atoms with Gasteiger partial charge in [-0.3, -0.25) is 0 Å². The van der Waals surface area contributed by atoms with Gasteiger partial charge in [-0.25, -0.2) is 0 Å². The number of benzene rings is 2. The molecule has 196 valence electrons. The average molecular weight is 553 g/mol. The van der Waals surface area contributed by atoms with Gasteiger partial charge in [0.05, 0.1) is 0 Å². The average Bonchev–Trinajstić information content (AvgIpc) is 3.49. The van der Waals surface area contributed by atoms with Crippen molar-refractivity contribution in [3.63, 3.8) is 0 Å². The molecule has 3 atom stereocenters. The fourth-order valence-electron chi connectivity index (χ4n) is 6.87. The molecule has 4 rings (SSSR count). The summed E-state index contributed by atoms with van der Waals surface area (Å²) in [5.41, 5.74) is 1.61. The molecular formula is C32H50FeP2. The number of rotatable bonds is 5. The van der Waals surface area contributed by atoms with Crippen molar-refractivity contribution in [3.05, 3.63) is 60.7 Å². The first kappa shape index (κ1) is 31.0. The summed E-state index contributed by atoms with van der Waals surface area (Å²) in [5.74, 6) is 0.839. The third-order valence-electron chi connectivity index (χ3n) is 7.65. The minimum absolute atomic E-state index is 0. The van der Waals surface area contributed by atoms with Crippen LogP contribution in [0.4, 0.5) is 0 Å². The topological polar surface area (TPSA) is 0 Å². The van der Waals surface area contributed by atoms with Crippen molar-refractivity contribution in [2.24, 2.45) is 5.92 Å². The summed E-state index contributed by atoms with van der Waals surface area (Å²) in [6.07, 6.45) is 11.7. The second-order valence-electron chi connectivity index (χ2n) is 12.4. The normalized spacial score (nSPS) is 21.4. The van der Waals surface area contributed by atoms with Gasteiger partial charge < -0.3 is 0 Å². The van der Waals surface area contributed by atoms with Crippen molar-refractivity contribution in [1.82, 2.24) is 0 Å². The maximum absolute atomic E-state index is 2.61. The van der Waals surface area contributed by atoms with E-state index in [1.807, 2.05) is 0 Å². The Kier molecular flexibility index (Phi) is 12.5. The first-order chi connectivity index (χ1) is 16.1. The molecule has 2 unspecified atom stereocenters. The summed E-state index contributed by atoms with van der Waals surface area (Å²) >= 11 is 0. The SMILES string of the molecule is C1CCCC1.C[C@@H](C1CCCC1P(c1ccccc1)c1ccccc1)P(C(C)(C)C)C(C)(C)C.[Fe]. The molecule has 2 saturated carbocycles. The molecule has 0 spiro atoms. The van der Waals surface area contributed by atoms with E-state index >= 15 is 0 Å². The van der Waals surface area contributed by atoms with Crippen molar-refractivity contribution in [2.45, 2.75) is 121 Å². The molecule has 0 bridgehead atoms. The van der Waals surface area contributed by atoms with Crippen molar-refractivity contribution < 1.29 is 17.1 Å². The Hall–Kier alpha value is -0.181. The van der Waals surface area contributed by atoms with E-state index in [1.54, 1.807) is 10.6 Å². The van der Waals surface area contributed by atoms with Gasteiger partial charge in [0.1, 0.15) is 0 Å². The molecule has 2 fully saturated rings. The quantitative estimate of drug-likeness (QED) is 0.256. The number of hydrogen-bond acceptors (Lipinski definition) is 0. The summed E-state index contributed by atoms with van der Waals surface area (Å²) in [7, 11) is -0.404.